The summed E-state index contributed by atoms with van der Waals surface area (Å²) in [7, 11) is 0. The second-order valence-electron chi connectivity index (χ2n) is 5.53. The van der Waals surface area contributed by atoms with E-state index in [0.717, 1.165) is 0 Å². The van der Waals surface area contributed by atoms with Gasteiger partial charge in [-0.3, -0.25) is 0 Å². The molecule has 0 fully saturated rings. The Balaban J connectivity index is 4.32. The highest BCUT2D eigenvalue weighted by atomic mass is 19.3. The number of hydrogen-bond acceptors (Lipinski definition) is 4. The molecule has 25 heavy (non-hydrogen) atoms. The molecule has 0 saturated carbocycles. The molecule has 0 atom stereocenters. The zero-order valence-corrected chi connectivity index (χ0v) is 13.1. The molecule has 0 aliphatic heterocycles. The molecule has 0 saturated heterocycles. The van der Waals surface area contributed by atoms with Gasteiger partial charge in [0.15, 0.2) is 0 Å². The Morgan fingerprint density at radius 3 is 1.08 bits per heavy atom. The third kappa shape index (κ3) is 12.3. The average molecular weight is 392 g/mol. The molecule has 2 N–H and O–H groups in total. The molecule has 0 aromatic carbocycles. The van der Waals surface area contributed by atoms with Crippen LogP contribution in [-0.2, 0) is 9.47 Å². The quantitative estimate of drug-likeness (QED) is 0.447. The molecule has 0 aromatic rings. The summed E-state index contributed by atoms with van der Waals surface area (Å²) in [6.45, 7) is -8.27. The number of rotatable bonds is 14. The van der Waals surface area contributed by atoms with Crippen molar-refractivity contribution < 1.29 is 54.8 Å². The van der Waals surface area contributed by atoms with E-state index in [1.807, 2.05) is 0 Å². The van der Waals surface area contributed by atoms with Crippen LogP contribution in [0.2, 0.25) is 0 Å². The van der Waals surface area contributed by atoms with Crippen LogP contribution in [0, 0.1) is 0 Å². The molecule has 0 amide bonds. The molecule has 0 aliphatic carbocycles. The van der Waals surface area contributed by atoms with Crippen molar-refractivity contribution in [3.8, 4) is 0 Å². The van der Waals surface area contributed by atoms with Crippen molar-refractivity contribution in [2.75, 3.05) is 39.6 Å². The lowest BCUT2D eigenvalue weighted by Crippen LogP contribution is -2.38. The van der Waals surface area contributed by atoms with Crippen LogP contribution in [0.15, 0.2) is 0 Å². The number of alkyl halides is 8. The molecule has 152 valence electrons. The van der Waals surface area contributed by atoms with E-state index in [9.17, 15) is 35.1 Å². The minimum atomic E-state index is -4.20. The Hall–Kier alpha value is -0.720. The van der Waals surface area contributed by atoms with E-state index in [-0.39, 0.29) is 0 Å². The van der Waals surface area contributed by atoms with Gasteiger partial charge in [-0.1, -0.05) is 0 Å². The molecule has 0 rings (SSSR count). The summed E-state index contributed by atoms with van der Waals surface area (Å²) in [4.78, 5) is 0. The van der Waals surface area contributed by atoms with Gasteiger partial charge >= 0.3 is 0 Å². The van der Waals surface area contributed by atoms with Crippen molar-refractivity contribution >= 4 is 0 Å². The maximum atomic E-state index is 13.3. The minimum Gasteiger partial charge on any atom is -0.396 e. The van der Waals surface area contributed by atoms with Crippen LogP contribution in [0.4, 0.5) is 35.1 Å². The van der Waals surface area contributed by atoms with E-state index in [1.54, 1.807) is 0 Å². The predicted octanol–water partition coefficient (Wildman–Crippen LogP) is 2.72. The van der Waals surface area contributed by atoms with Crippen molar-refractivity contribution in [2.45, 2.75) is 43.0 Å². The van der Waals surface area contributed by atoms with Gasteiger partial charge < -0.3 is 19.7 Å². The topological polar surface area (TPSA) is 58.9 Å². The lowest BCUT2D eigenvalue weighted by molar-refractivity contribution is -0.186. The highest BCUT2D eigenvalue weighted by Crippen LogP contribution is 2.32. The molecule has 0 unspecified atom stereocenters. The van der Waals surface area contributed by atoms with Crippen LogP contribution < -0.4 is 0 Å². The first-order valence-electron chi connectivity index (χ1n) is 7.13. The molecule has 0 radical (unpaired) electrons. The first kappa shape index (κ1) is 24.3. The zero-order valence-electron chi connectivity index (χ0n) is 13.1. The van der Waals surface area contributed by atoms with Crippen molar-refractivity contribution in [3.05, 3.63) is 0 Å². The monoisotopic (exact) mass is 392 g/mol. The second-order valence-corrected chi connectivity index (χ2v) is 5.53. The molecule has 0 aliphatic rings. The second kappa shape index (κ2) is 9.83. The van der Waals surface area contributed by atoms with E-state index in [2.05, 4.69) is 9.47 Å². The Bertz CT molecular complexity index is 345. The van der Waals surface area contributed by atoms with E-state index in [4.69, 9.17) is 10.2 Å². The van der Waals surface area contributed by atoms with Crippen molar-refractivity contribution in [3.63, 3.8) is 0 Å². The van der Waals surface area contributed by atoms with Crippen LogP contribution in [0.25, 0.3) is 0 Å². The molecule has 12 heteroatoms. The number of hydrogen-bond donors (Lipinski definition) is 2. The summed E-state index contributed by atoms with van der Waals surface area (Å²) in [6.07, 6.45) is -4.22. The summed E-state index contributed by atoms with van der Waals surface area (Å²) in [5.74, 6) is -15.6. The molecule has 0 aromatic heterocycles. The lowest BCUT2D eigenvalue weighted by atomic mass is 10.1. The standard InChI is InChI=1S/C13H20F8O4/c14-10(15,1-3-22)6-24-8-12(18,19)5-13(20,21)9-25-7-11(16,17)2-4-23/h22-23H,1-9H2. The van der Waals surface area contributed by atoms with Crippen LogP contribution in [0.1, 0.15) is 19.3 Å². The van der Waals surface area contributed by atoms with Gasteiger partial charge in [0.25, 0.3) is 23.7 Å². The average Bonchev–Trinajstić information content (AvgIpc) is 2.35. The fourth-order valence-corrected chi connectivity index (χ4v) is 1.65. The van der Waals surface area contributed by atoms with Gasteiger partial charge in [0, 0.05) is 26.1 Å². The van der Waals surface area contributed by atoms with Crippen LogP contribution in [0.3, 0.4) is 0 Å². The SMILES string of the molecule is OCCC(F)(F)COCC(F)(F)CC(F)(F)COCC(F)(F)CCO. The Morgan fingerprint density at radius 2 is 0.800 bits per heavy atom. The first-order valence-corrected chi connectivity index (χ1v) is 7.13. The molecule has 0 heterocycles. The van der Waals surface area contributed by atoms with Gasteiger partial charge in [-0.25, -0.2) is 35.1 Å². The summed E-state index contributed by atoms with van der Waals surface area (Å²) in [5, 5.41) is 16.6. The van der Waals surface area contributed by atoms with Gasteiger partial charge in [-0.05, 0) is 0 Å². The lowest BCUT2D eigenvalue weighted by Gasteiger charge is -2.24. The normalized spacial score (nSPS) is 14.2. The molecule has 4 nitrogen and oxygen atoms in total. The zero-order chi connectivity index (χ0) is 19.8. The Labute approximate surface area is 138 Å². The minimum absolute atomic E-state index is 0.914. The van der Waals surface area contributed by atoms with E-state index in [1.165, 1.54) is 0 Å². The number of aliphatic hydroxyl groups excluding tert-OH is 2. The summed E-state index contributed by atoms with van der Waals surface area (Å²) < 4.78 is 113. The largest absolute Gasteiger partial charge is 0.396 e. The summed E-state index contributed by atoms with van der Waals surface area (Å²) >= 11 is 0. The maximum absolute atomic E-state index is 13.3. The summed E-state index contributed by atoms with van der Waals surface area (Å²) in [5.41, 5.74) is 0. The molecule has 0 spiro atoms. The highest BCUT2D eigenvalue weighted by Gasteiger charge is 2.45. The molecule has 0 bridgehead atoms. The van der Waals surface area contributed by atoms with Gasteiger partial charge in [-0.15, -0.1) is 0 Å². The fourth-order valence-electron chi connectivity index (χ4n) is 1.65. The number of halogens is 8. The molecular formula is C13H20F8O4. The third-order valence-electron chi connectivity index (χ3n) is 2.73. The van der Waals surface area contributed by atoms with Crippen LogP contribution in [0.5, 0.6) is 0 Å². The van der Waals surface area contributed by atoms with Crippen LogP contribution in [-0.4, -0.2) is 73.5 Å². The molecular weight excluding hydrogens is 372 g/mol. The number of ether oxygens (including phenoxy) is 2. The summed E-state index contributed by atoms with van der Waals surface area (Å²) in [6, 6.07) is 0. The van der Waals surface area contributed by atoms with E-state index in [0.29, 0.717) is 0 Å². The van der Waals surface area contributed by atoms with E-state index >= 15 is 0 Å². The highest BCUT2D eigenvalue weighted by molar-refractivity contribution is 4.78. The first-order chi connectivity index (χ1) is 11.2. The van der Waals surface area contributed by atoms with Crippen molar-refractivity contribution in [2.24, 2.45) is 0 Å². The van der Waals surface area contributed by atoms with Crippen molar-refractivity contribution in [1.29, 1.82) is 0 Å². The van der Waals surface area contributed by atoms with E-state index < -0.39 is 82.6 Å². The van der Waals surface area contributed by atoms with Crippen molar-refractivity contribution in [1.82, 2.24) is 0 Å². The smallest absolute Gasteiger partial charge is 0.276 e. The Morgan fingerprint density at radius 1 is 0.520 bits per heavy atom. The number of aliphatic hydroxyl groups is 2. The fraction of sp³-hybridized carbons (Fsp3) is 1.00. The maximum Gasteiger partial charge on any atom is 0.276 e. The van der Waals surface area contributed by atoms with Gasteiger partial charge in [0.1, 0.15) is 26.4 Å². The third-order valence-corrected chi connectivity index (χ3v) is 2.73. The van der Waals surface area contributed by atoms with Gasteiger partial charge in [-0.2, -0.15) is 0 Å². The predicted molar refractivity (Wildman–Crippen MR) is 69.4 cm³/mol. The Kier molecular flexibility index (Phi) is 9.55. The van der Waals surface area contributed by atoms with Gasteiger partial charge in [0.05, 0.1) is 6.42 Å². The van der Waals surface area contributed by atoms with Gasteiger partial charge in [0.2, 0.25) is 0 Å². The van der Waals surface area contributed by atoms with Crippen LogP contribution >= 0.6 is 0 Å².